The Balaban J connectivity index is 1.14. The third-order valence-electron chi connectivity index (χ3n) is 11.1. The van der Waals surface area contributed by atoms with Crippen LogP contribution in [0.15, 0.2) is 237 Å². The third kappa shape index (κ3) is 6.56. The maximum atomic E-state index is 2.43. The summed E-state index contributed by atoms with van der Waals surface area (Å²) in [5.74, 6) is 0. The average Bonchev–Trinajstić information content (AvgIpc) is 3.30. The molecular weight excluding hydrogens is 687 g/mol. The summed E-state index contributed by atoms with van der Waals surface area (Å²) >= 11 is 0. The molecule has 0 fully saturated rings. The minimum absolute atomic E-state index is 1.09. The molecular formula is C56H39N. The van der Waals surface area contributed by atoms with Crippen molar-refractivity contribution in [2.24, 2.45) is 0 Å². The van der Waals surface area contributed by atoms with Crippen molar-refractivity contribution >= 4 is 38.6 Å². The van der Waals surface area contributed by atoms with Crippen LogP contribution in [-0.4, -0.2) is 0 Å². The molecule has 0 aliphatic rings. The van der Waals surface area contributed by atoms with Crippen LogP contribution in [0.3, 0.4) is 0 Å². The van der Waals surface area contributed by atoms with Crippen LogP contribution >= 0.6 is 0 Å². The van der Waals surface area contributed by atoms with Crippen LogP contribution in [0, 0.1) is 0 Å². The van der Waals surface area contributed by atoms with Crippen LogP contribution in [0.2, 0.25) is 0 Å². The van der Waals surface area contributed by atoms with Crippen LogP contribution in [0.1, 0.15) is 0 Å². The SMILES string of the molecule is c1ccc(-c2ccc(N(c3ccc(-c4ccc(-c5ccccc5)c(-c5cccc6ccccc56)c4)cc3)c3cccc4ccccc34)c(-c3ccccc3)c2)cc1. The van der Waals surface area contributed by atoms with E-state index in [9.17, 15) is 0 Å². The van der Waals surface area contributed by atoms with Gasteiger partial charge in [0.05, 0.1) is 11.4 Å². The van der Waals surface area contributed by atoms with Gasteiger partial charge < -0.3 is 4.90 Å². The Bertz CT molecular complexity index is 2980. The molecule has 1 heteroatoms. The molecule has 268 valence electrons. The van der Waals surface area contributed by atoms with E-state index < -0.39 is 0 Å². The highest BCUT2D eigenvalue weighted by Crippen LogP contribution is 2.46. The number of rotatable bonds is 8. The summed E-state index contributed by atoms with van der Waals surface area (Å²) in [4.78, 5) is 2.43. The monoisotopic (exact) mass is 725 g/mol. The highest BCUT2D eigenvalue weighted by atomic mass is 15.1. The van der Waals surface area contributed by atoms with E-state index in [2.05, 4.69) is 241 Å². The summed E-state index contributed by atoms with van der Waals surface area (Å²) in [6.45, 7) is 0. The molecule has 10 aromatic carbocycles. The molecule has 0 N–H and O–H groups in total. The lowest BCUT2D eigenvalue weighted by molar-refractivity contribution is 1.30. The second-order valence-corrected chi connectivity index (χ2v) is 14.5. The molecule has 0 aliphatic heterocycles. The van der Waals surface area contributed by atoms with Gasteiger partial charge in [0.25, 0.3) is 0 Å². The molecule has 57 heavy (non-hydrogen) atoms. The molecule has 0 saturated heterocycles. The van der Waals surface area contributed by atoms with Crippen LogP contribution in [-0.2, 0) is 0 Å². The fourth-order valence-electron chi connectivity index (χ4n) is 8.28. The number of fused-ring (bicyclic) bond motifs is 2. The van der Waals surface area contributed by atoms with Gasteiger partial charge in [0, 0.05) is 16.6 Å². The summed E-state index contributed by atoms with van der Waals surface area (Å²) in [5, 5.41) is 4.90. The van der Waals surface area contributed by atoms with E-state index in [1.807, 2.05) is 0 Å². The first-order valence-electron chi connectivity index (χ1n) is 19.6. The van der Waals surface area contributed by atoms with Gasteiger partial charge in [-0.25, -0.2) is 0 Å². The molecule has 0 spiro atoms. The zero-order valence-corrected chi connectivity index (χ0v) is 31.5. The summed E-state index contributed by atoms with van der Waals surface area (Å²) in [6, 6.07) is 85.7. The van der Waals surface area contributed by atoms with Gasteiger partial charge in [-0.15, -0.1) is 0 Å². The number of hydrogen-bond donors (Lipinski definition) is 0. The molecule has 0 saturated carbocycles. The summed E-state index contributed by atoms with van der Waals surface area (Å²) in [7, 11) is 0. The Morgan fingerprint density at radius 2 is 0.702 bits per heavy atom. The van der Waals surface area contributed by atoms with Crippen LogP contribution < -0.4 is 4.90 Å². The molecule has 0 atom stereocenters. The van der Waals surface area contributed by atoms with Crippen LogP contribution in [0.25, 0.3) is 77.2 Å². The van der Waals surface area contributed by atoms with Gasteiger partial charge in [0.2, 0.25) is 0 Å². The maximum Gasteiger partial charge on any atom is 0.0540 e. The Morgan fingerprint density at radius 3 is 1.39 bits per heavy atom. The minimum Gasteiger partial charge on any atom is -0.309 e. The van der Waals surface area contributed by atoms with E-state index in [1.54, 1.807) is 0 Å². The lowest BCUT2D eigenvalue weighted by atomic mass is 9.89. The van der Waals surface area contributed by atoms with Gasteiger partial charge in [0.1, 0.15) is 0 Å². The Morgan fingerprint density at radius 1 is 0.228 bits per heavy atom. The largest absolute Gasteiger partial charge is 0.309 e. The van der Waals surface area contributed by atoms with Crippen molar-refractivity contribution in [3.63, 3.8) is 0 Å². The van der Waals surface area contributed by atoms with Crippen molar-refractivity contribution in [3.05, 3.63) is 237 Å². The van der Waals surface area contributed by atoms with Crippen molar-refractivity contribution in [3.8, 4) is 55.6 Å². The molecule has 0 radical (unpaired) electrons. The van der Waals surface area contributed by atoms with Crippen molar-refractivity contribution < 1.29 is 0 Å². The van der Waals surface area contributed by atoms with Crippen molar-refractivity contribution in [2.45, 2.75) is 0 Å². The topological polar surface area (TPSA) is 3.24 Å². The van der Waals surface area contributed by atoms with Crippen molar-refractivity contribution in [1.29, 1.82) is 0 Å². The summed E-state index contributed by atoms with van der Waals surface area (Å²) in [6.07, 6.45) is 0. The summed E-state index contributed by atoms with van der Waals surface area (Å²) in [5.41, 5.74) is 15.3. The highest BCUT2D eigenvalue weighted by molar-refractivity contribution is 6.03. The van der Waals surface area contributed by atoms with E-state index in [0.717, 1.165) is 17.1 Å². The molecule has 0 unspecified atom stereocenters. The second kappa shape index (κ2) is 15.0. The average molecular weight is 726 g/mol. The molecule has 1 nitrogen and oxygen atoms in total. The van der Waals surface area contributed by atoms with E-state index >= 15 is 0 Å². The van der Waals surface area contributed by atoms with E-state index in [-0.39, 0.29) is 0 Å². The first-order valence-corrected chi connectivity index (χ1v) is 19.6. The Hall–Kier alpha value is -7.48. The van der Waals surface area contributed by atoms with Gasteiger partial charge in [-0.2, -0.15) is 0 Å². The molecule has 0 amide bonds. The molecule has 0 aromatic heterocycles. The first kappa shape index (κ1) is 34.0. The van der Waals surface area contributed by atoms with Crippen LogP contribution in [0.4, 0.5) is 17.1 Å². The second-order valence-electron chi connectivity index (χ2n) is 14.5. The molecule has 10 aromatic rings. The fraction of sp³-hybridized carbons (Fsp3) is 0. The van der Waals surface area contributed by atoms with Gasteiger partial charge in [0.15, 0.2) is 0 Å². The van der Waals surface area contributed by atoms with Gasteiger partial charge >= 0.3 is 0 Å². The minimum atomic E-state index is 1.09. The van der Waals surface area contributed by atoms with Crippen molar-refractivity contribution in [1.82, 2.24) is 0 Å². The zero-order valence-electron chi connectivity index (χ0n) is 31.5. The third-order valence-corrected chi connectivity index (χ3v) is 11.1. The number of nitrogens with zero attached hydrogens (tertiary/aromatic N) is 1. The highest BCUT2D eigenvalue weighted by Gasteiger charge is 2.21. The Labute approximate surface area is 334 Å². The molecule has 10 rings (SSSR count). The van der Waals surface area contributed by atoms with Gasteiger partial charge in [-0.3, -0.25) is 0 Å². The van der Waals surface area contributed by atoms with E-state index in [1.165, 1.54) is 77.2 Å². The fourth-order valence-corrected chi connectivity index (χ4v) is 8.28. The molecule has 0 heterocycles. The maximum absolute atomic E-state index is 2.43. The quantitative estimate of drug-likeness (QED) is 0.151. The normalized spacial score (nSPS) is 11.2. The standard InChI is InChI=1S/C56H39N/c1-4-16-40(17-5-1)47-33-37-56(53(38-47)45-20-8-3-9-21-45)57(55-29-15-25-44-23-11-13-27-51(44)55)48-34-30-41(31-35-48)46-32-36-50(42-18-6-2-7-19-42)54(39-46)52-28-14-24-43-22-10-12-26-49(43)52/h1-39H. The lowest BCUT2D eigenvalue weighted by Crippen LogP contribution is -2.12. The zero-order chi connectivity index (χ0) is 38.0. The predicted octanol–water partition coefficient (Wildman–Crippen LogP) is 15.8. The predicted molar refractivity (Wildman–Crippen MR) is 243 cm³/mol. The number of anilines is 3. The Kier molecular flexibility index (Phi) is 8.95. The first-order chi connectivity index (χ1) is 28.3. The van der Waals surface area contributed by atoms with E-state index in [0.29, 0.717) is 0 Å². The summed E-state index contributed by atoms with van der Waals surface area (Å²) < 4.78 is 0. The number of benzene rings is 10. The van der Waals surface area contributed by atoms with E-state index in [4.69, 9.17) is 0 Å². The van der Waals surface area contributed by atoms with Crippen LogP contribution in [0.5, 0.6) is 0 Å². The smallest absolute Gasteiger partial charge is 0.0540 e. The number of hydrogen-bond acceptors (Lipinski definition) is 1. The molecule has 0 aliphatic carbocycles. The van der Waals surface area contributed by atoms with Crippen molar-refractivity contribution in [2.75, 3.05) is 4.90 Å². The molecule has 0 bridgehead atoms. The lowest BCUT2D eigenvalue weighted by Gasteiger charge is -2.29. The van der Waals surface area contributed by atoms with Gasteiger partial charge in [-0.1, -0.05) is 200 Å². The van der Waals surface area contributed by atoms with Gasteiger partial charge in [-0.05, 0) is 103 Å².